The highest BCUT2D eigenvalue weighted by Crippen LogP contribution is 2.24. The number of ether oxygens (including phenoxy) is 1. The highest BCUT2D eigenvalue weighted by atomic mass is 16.5. The van der Waals surface area contributed by atoms with Crippen LogP contribution in [0.2, 0.25) is 0 Å². The molecule has 0 aliphatic heterocycles. The maximum Gasteiger partial charge on any atom is 0.305 e. The first-order valence-electron chi connectivity index (χ1n) is 12.1. The summed E-state index contributed by atoms with van der Waals surface area (Å²) < 4.78 is 5.75. The third-order valence-corrected chi connectivity index (χ3v) is 5.48. The van der Waals surface area contributed by atoms with Gasteiger partial charge < -0.3 is 35.7 Å². The molecule has 0 aliphatic carbocycles. The Kier molecular flexibility index (Phi) is 11.6. The molecule has 3 unspecified atom stereocenters. The van der Waals surface area contributed by atoms with E-state index in [9.17, 15) is 28.8 Å². The minimum Gasteiger partial charge on any atom is -0.481 e. The number of rotatable bonds is 15. The summed E-state index contributed by atoms with van der Waals surface area (Å²) in [7, 11) is 0. The van der Waals surface area contributed by atoms with Gasteiger partial charge in [-0.05, 0) is 36.6 Å². The molecule has 2 rings (SSSR count). The molecule has 3 atom stereocenters. The average Bonchev–Trinajstić information content (AvgIpc) is 2.86. The van der Waals surface area contributed by atoms with Gasteiger partial charge in [-0.3, -0.25) is 24.0 Å². The summed E-state index contributed by atoms with van der Waals surface area (Å²) in [4.78, 5) is 72.1. The maximum absolute atomic E-state index is 13.1. The highest BCUT2D eigenvalue weighted by Gasteiger charge is 2.34. The molecular weight excluding hydrogens is 510 g/mol. The Morgan fingerprint density at radius 1 is 0.846 bits per heavy atom. The second-order valence-electron chi connectivity index (χ2n) is 9.00. The summed E-state index contributed by atoms with van der Waals surface area (Å²) in [6.07, 6.45) is -1.13. The van der Waals surface area contributed by atoms with E-state index in [1.54, 1.807) is 62.4 Å². The molecule has 0 saturated heterocycles. The summed E-state index contributed by atoms with van der Waals surface area (Å²) >= 11 is 0. The van der Waals surface area contributed by atoms with Gasteiger partial charge in [0.15, 0.2) is 0 Å². The van der Waals surface area contributed by atoms with Gasteiger partial charge in [0.1, 0.15) is 29.7 Å². The molecule has 0 bridgehead atoms. The Labute approximate surface area is 224 Å². The number of carbonyl (C=O) groups is 6. The van der Waals surface area contributed by atoms with Gasteiger partial charge in [0.2, 0.25) is 17.7 Å². The molecule has 39 heavy (non-hydrogen) atoms. The zero-order chi connectivity index (χ0) is 28.9. The Morgan fingerprint density at radius 2 is 1.49 bits per heavy atom. The Morgan fingerprint density at radius 3 is 2.08 bits per heavy atom. The fourth-order valence-electron chi connectivity index (χ4n) is 3.61. The lowest BCUT2D eigenvalue weighted by Crippen LogP contribution is -2.52. The van der Waals surface area contributed by atoms with Crippen LogP contribution in [0.15, 0.2) is 54.6 Å². The number of carboxylic acid groups (broad SMARTS) is 2. The lowest BCUT2D eigenvalue weighted by molar-refractivity contribution is -0.142. The van der Waals surface area contributed by atoms with E-state index in [1.807, 2.05) is 6.07 Å². The van der Waals surface area contributed by atoms with E-state index < -0.39 is 66.4 Å². The summed E-state index contributed by atoms with van der Waals surface area (Å²) in [5, 5.41) is 25.3. The van der Waals surface area contributed by atoms with Crippen molar-refractivity contribution < 1.29 is 43.7 Å². The fraction of sp³-hybridized carbons (Fsp3) is 0.333. The molecule has 3 amide bonds. The molecule has 0 spiro atoms. The van der Waals surface area contributed by atoms with Gasteiger partial charge in [-0.2, -0.15) is 0 Å². The van der Waals surface area contributed by atoms with Crippen molar-refractivity contribution in [2.45, 2.75) is 45.2 Å². The average molecular weight is 542 g/mol. The SMILES string of the molecule is CC(C)C(C(=O)NC(C=O)CC(=O)O)C(=O)NC(CCC(=O)O)C(=O)Nc1cccc(Oc2ccccc2)c1. The second kappa shape index (κ2) is 14.9. The first-order chi connectivity index (χ1) is 18.5. The largest absolute Gasteiger partial charge is 0.481 e. The minimum atomic E-state index is -1.39. The van der Waals surface area contributed by atoms with Crippen molar-refractivity contribution in [3.05, 3.63) is 54.6 Å². The van der Waals surface area contributed by atoms with E-state index in [0.717, 1.165) is 0 Å². The third kappa shape index (κ3) is 10.3. The van der Waals surface area contributed by atoms with E-state index in [2.05, 4.69) is 16.0 Å². The van der Waals surface area contributed by atoms with Gasteiger partial charge in [-0.1, -0.05) is 38.1 Å². The van der Waals surface area contributed by atoms with Crippen LogP contribution in [0.4, 0.5) is 5.69 Å². The lowest BCUT2D eigenvalue weighted by atomic mass is 9.92. The Hall–Kier alpha value is -4.74. The highest BCUT2D eigenvalue weighted by molar-refractivity contribution is 6.04. The second-order valence-corrected chi connectivity index (χ2v) is 9.00. The van der Waals surface area contributed by atoms with E-state index in [4.69, 9.17) is 14.9 Å². The number of para-hydroxylation sites is 1. The first kappa shape index (κ1) is 30.5. The summed E-state index contributed by atoms with van der Waals surface area (Å²) in [5.74, 6) is -6.00. The van der Waals surface area contributed by atoms with Crippen LogP contribution in [0.25, 0.3) is 0 Å². The van der Waals surface area contributed by atoms with Crippen LogP contribution in [0.1, 0.15) is 33.1 Å². The normalized spacial score (nSPS) is 12.9. The van der Waals surface area contributed by atoms with Gasteiger partial charge in [-0.15, -0.1) is 0 Å². The van der Waals surface area contributed by atoms with Crippen LogP contribution in [-0.4, -0.2) is 58.2 Å². The summed E-state index contributed by atoms with van der Waals surface area (Å²) in [6, 6.07) is 12.7. The van der Waals surface area contributed by atoms with Gasteiger partial charge in [0.05, 0.1) is 12.5 Å². The van der Waals surface area contributed by atoms with Crippen molar-refractivity contribution in [1.82, 2.24) is 10.6 Å². The van der Waals surface area contributed by atoms with Crippen molar-refractivity contribution in [3.63, 3.8) is 0 Å². The number of amides is 3. The maximum atomic E-state index is 13.1. The standard InChI is InChI=1S/C27H31N3O9/c1-16(2)24(26(37)29-18(15-31)14-23(34)35)27(38)30-21(11-12-22(32)33)25(36)28-17-7-6-10-20(13-17)39-19-8-4-3-5-9-19/h3-10,13,15-16,18,21,24H,11-12,14H2,1-2H3,(H,28,36)(H,29,37)(H,30,38)(H,32,33)(H,34,35). The summed E-state index contributed by atoms with van der Waals surface area (Å²) in [5.41, 5.74) is 0.323. The van der Waals surface area contributed by atoms with Crippen LogP contribution in [0, 0.1) is 11.8 Å². The van der Waals surface area contributed by atoms with E-state index in [1.165, 1.54) is 0 Å². The smallest absolute Gasteiger partial charge is 0.305 e. The molecule has 12 nitrogen and oxygen atoms in total. The molecule has 0 fully saturated rings. The number of hydrogen-bond donors (Lipinski definition) is 5. The minimum absolute atomic E-state index is 0.250. The van der Waals surface area contributed by atoms with Gasteiger partial charge in [-0.25, -0.2) is 0 Å². The number of carboxylic acids is 2. The third-order valence-electron chi connectivity index (χ3n) is 5.48. The van der Waals surface area contributed by atoms with E-state index >= 15 is 0 Å². The van der Waals surface area contributed by atoms with Crippen LogP contribution in [-0.2, 0) is 28.8 Å². The van der Waals surface area contributed by atoms with Crippen LogP contribution in [0.5, 0.6) is 11.5 Å². The number of anilines is 1. The van der Waals surface area contributed by atoms with Crippen molar-refractivity contribution in [1.29, 1.82) is 0 Å². The number of benzene rings is 2. The quantitative estimate of drug-likeness (QED) is 0.166. The zero-order valence-corrected chi connectivity index (χ0v) is 21.5. The number of hydrogen-bond acceptors (Lipinski definition) is 7. The van der Waals surface area contributed by atoms with Crippen molar-refractivity contribution in [2.24, 2.45) is 11.8 Å². The van der Waals surface area contributed by atoms with Gasteiger partial charge in [0, 0.05) is 18.2 Å². The van der Waals surface area contributed by atoms with Crippen LogP contribution >= 0.6 is 0 Å². The predicted octanol–water partition coefficient (Wildman–Crippen LogP) is 2.20. The molecule has 5 N–H and O–H groups in total. The first-order valence-corrected chi connectivity index (χ1v) is 12.1. The number of nitrogens with one attached hydrogen (secondary N) is 3. The molecule has 0 aliphatic rings. The van der Waals surface area contributed by atoms with E-state index in [-0.39, 0.29) is 12.7 Å². The topological polar surface area (TPSA) is 188 Å². The fourth-order valence-corrected chi connectivity index (χ4v) is 3.61. The van der Waals surface area contributed by atoms with Crippen LogP contribution in [0.3, 0.4) is 0 Å². The molecule has 208 valence electrons. The van der Waals surface area contributed by atoms with Crippen molar-refractivity contribution in [3.8, 4) is 11.5 Å². The Balaban J connectivity index is 2.17. The molecule has 12 heteroatoms. The van der Waals surface area contributed by atoms with Crippen molar-refractivity contribution in [2.75, 3.05) is 5.32 Å². The number of aldehydes is 1. The number of aliphatic carboxylic acids is 2. The molecule has 0 radical (unpaired) electrons. The lowest BCUT2D eigenvalue weighted by Gasteiger charge is -2.24. The molecule has 2 aromatic carbocycles. The molecular formula is C27H31N3O9. The van der Waals surface area contributed by atoms with Crippen LogP contribution < -0.4 is 20.7 Å². The summed E-state index contributed by atoms with van der Waals surface area (Å²) in [6.45, 7) is 3.11. The zero-order valence-electron chi connectivity index (χ0n) is 21.5. The molecule has 0 saturated carbocycles. The predicted molar refractivity (Wildman–Crippen MR) is 139 cm³/mol. The number of carbonyl (C=O) groups excluding carboxylic acids is 4. The monoisotopic (exact) mass is 541 g/mol. The van der Waals surface area contributed by atoms with E-state index in [0.29, 0.717) is 17.2 Å². The molecule has 2 aromatic rings. The Bertz CT molecular complexity index is 1180. The molecule has 0 aromatic heterocycles. The van der Waals surface area contributed by atoms with Gasteiger partial charge in [0.25, 0.3) is 0 Å². The van der Waals surface area contributed by atoms with Gasteiger partial charge >= 0.3 is 11.9 Å². The molecule has 0 heterocycles. The van der Waals surface area contributed by atoms with Crippen molar-refractivity contribution >= 4 is 41.6 Å².